The Morgan fingerprint density at radius 2 is 1.58 bits per heavy atom. The molecule has 0 aliphatic heterocycles. The molecule has 0 saturated carbocycles. The van der Waals surface area contributed by atoms with Crippen LogP contribution in [0.3, 0.4) is 0 Å². The summed E-state index contributed by atoms with van der Waals surface area (Å²) in [6.45, 7) is 5.83. The van der Waals surface area contributed by atoms with Gasteiger partial charge >= 0.3 is 11.9 Å². The van der Waals surface area contributed by atoms with Gasteiger partial charge in [-0.25, -0.2) is 4.79 Å². The molecule has 12 heavy (non-hydrogen) atoms. The van der Waals surface area contributed by atoms with Crippen LogP contribution in [0.2, 0.25) is 0 Å². The van der Waals surface area contributed by atoms with Crippen molar-refractivity contribution in [2.75, 3.05) is 0 Å². The zero-order chi connectivity index (χ0) is 9.44. The van der Waals surface area contributed by atoms with Crippen molar-refractivity contribution < 1.29 is 38.5 Å². The fraction of sp³-hybridized carbons (Fsp3) is 0.333. The molecule has 0 fully saturated rings. The van der Waals surface area contributed by atoms with Gasteiger partial charge in [-0.2, -0.15) is 0 Å². The maximum atomic E-state index is 9.60. The van der Waals surface area contributed by atoms with E-state index in [9.17, 15) is 9.59 Å². The number of carboxylic acids is 1. The summed E-state index contributed by atoms with van der Waals surface area (Å²) in [6, 6.07) is 0. The minimum atomic E-state index is -0.935. The van der Waals surface area contributed by atoms with Crippen molar-refractivity contribution in [2.45, 2.75) is 13.8 Å². The standard InChI is InChI=1S/C4H6O2.C2H3ClO2.Zn/c1-3(2)4(5)6;1-2(4)5-3;/h1H2,2H3,(H,5,6);1H3;. The first-order chi connectivity index (χ1) is 4.91. The number of hydrogen-bond donors (Lipinski definition) is 1. The Kier molecular flexibility index (Phi) is 15.6. The summed E-state index contributed by atoms with van der Waals surface area (Å²) < 4.78 is 3.58. The molecule has 0 heterocycles. The molecule has 0 aromatic heterocycles. The van der Waals surface area contributed by atoms with Gasteiger partial charge in [-0.05, 0) is 6.92 Å². The van der Waals surface area contributed by atoms with Crippen molar-refractivity contribution in [3.8, 4) is 0 Å². The van der Waals surface area contributed by atoms with Gasteiger partial charge in [-0.3, -0.25) is 4.79 Å². The smallest absolute Gasteiger partial charge is 0.330 e. The summed E-state index contributed by atoms with van der Waals surface area (Å²) in [5.74, 6) is -1.42. The van der Waals surface area contributed by atoms with E-state index in [4.69, 9.17) is 5.11 Å². The average molecular weight is 246 g/mol. The van der Waals surface area contributed by atoms with Crippen LogP contribution < -0.4 is 0 Å². The van der Waals surface area contributed by atoms with Gasteiger partial charge in [0, 0.05) is 32.0 Å². The van der Waals surface area contributed by atoms with E-state index < -0.39 is 11.9 Å². The van der Waals surface area contributed by atoms with E-state index in [0.717, 1.165) is 0 Å². The summed E-state index contributed by atoms with van der Waals surface area (Å²) >= 11 is 4.49. The van der Waals surface area contributed by atoms with Crippen LogP contribution >= 0.6 is 11.9 Å². The molecule has 0 bridgehead atoms. The number of rotatable bonds is 1. The Hall–Kier alpha value is -0.407. The SMILES string of the molecule is C=C(C)C(=O)O.CC(=O)OCl.[Zn]. The minimum Gasteiger partial charge on any atom is -0.478 e. The first-order valence-electron chi connectivity index (χ1n) is 2.59. The summed E-state index contributed by atoms with van der Waals surface area (Å²) in [4.78, 5) is 19.1. The molecular weight excluding hydrogens is 237 g/mol. The van der Waals surface area contributed by atoms with Gasteiger partial charge < -0.3 is 9.40 Å². The number of carbonyl (C=O) groups is 2. The Labute approximate surface area is 88.5 Å². The zero-order valence-electron chi connectivity index (χ0n) is 6.96. The molecule has 6 heteroatoms. The predicted molar refractivity (Wildman–Crippen MR) is 40.1 cm³/mol. The molecule has 0 radical (unpaired) electrons. The Morgan fingerprint density at radius 3 is 1.58 bits per heavy atom. The molecular formula is C6H9ClO4Zn. The summed E-state index contributed by atoms with van der Waals surface area (Å²) in [5.41, 5.74) is 0.176. The van der Waals surface area contributed by atoms with Crippen LogP contribution in [0.4, 0.5) is 0 Å². The summed E-state index contributed by atoms with van der Waals surface area (Å²) in [7, 11) is 0. The summed E-state index contributed by atoms with van der Waals surface area (Å²) in [5, 5.41) is 7.89. The summed E-state index contributed by atoms with van der Waals surface area (Å²) in [6.07, 6.45) is 0. The van der Waals surface area contributed by atoms with Crippen molar-refractivity contribution in [1.29, 1.82) is 0 Å². The van der Waals surface area contributed by atoms with E-state index in [2.05, 4.69) is 22.7 Å². The van der Waals surface area contributed by atoms with Crippen molar-refractivity contribution in [3.05, 3.63) is 12.2 Å². The monoisotopic (exact) mass is 244 g/mol. The molecule has 0 atom stereocenters. The Morgan fingerprint density at radius 1 is 1.42 bits per heavy atom. The van der Waals surface area contributed by atoms with Crippen LogP contribution in [0.5, 0.6) is 0 Å². The maximum Gasteiger partial charge on any atom is 0.330 e. The number of aliphatic carboxylic acids is 1. The first-order valence-corrected chi connectivity index (χ1v) is 2.90. The van der Waals surface area contributed by atoms with E-state index >= 15 is 0 Å². The Bertz CT molecular complexity index is 157. The van der Waals surface area contributed by atoms with Crippen molar-refractivity contribution >= 4 is 23.8 Å². The fourth-order valence-corrected chi connectivity index (χ4v) is 0. The van der Waals surface area contributed by atoms with Crippen molar-refractivity contribution in [3.63, 3.8) is 0 Å². The molecule has 0 aliphatic rings. The van der Waals surface area contributed by atoms with E-state index in [0.29, 0.717) is 0 Å². The maximum absolute atomic E-state index is 9.60. The number of halogens is 1. The van der Waals surface area contributed by atoms with Gasteiger partial charge in [0.2, 0.25) is 0 Å². The molecule has 66 valence electrons. The fourth-order valence-electron chi connectivity index (χ4n) is 0. The van der Waals surface area contributed by atoms with E-state index in [-0.39, 0.29) is 25.1 Å². The molecule has 0 rings (SSSR count). The van der Waals surface area contributed by atoms with Crippen LogP contribution in [0.15, 0.2) is 12.2 Å². The first kappa shape index (κ1) is 17.6. The molecule has 1 N–H and O–H groups in total. The second-order valence-corrected chi connectivity index (χ2v) is 1.81. The molecule has 4 nitrogen and oxygen atoms in total. The van der Waals surface area contributed by atoms with Gasteiger partial charge in [-0.1, -0.05) is 6.58 Å². The zero-order valence-corrected chi connectivity index (χ0v) is 10.7. The van der Waals surface area contributed by atoms with Crippen molar-refractivity contribution in [1.82, 2.24) is 0 Å². The Balaban J connectivity index is -0.000000126. The minimum absolute atomic E-state index is 0. The molecule has 0 unspecified atom stereocenters. The van der Waals surface area contributed by atoms with Gasteiger partial charge in [-0.15, -0.1) is 0 Å². The van der Waals surface area contributed by atoms with Gasteiger partial charge in [0.25, 0.3) is 0 Å². The third kappa shape index (κ3) is 22.6. The number of carbonyl (C=O) groups excluding carboxylic acids is 1. The molecule has 0 amide bonds. The van der Waals surface area contributed by atoms with Gasteiger partial charge in [0.15, 0.2) is 0 Å². The van der Waals surface area contributed by atoms with Crippen molar-refractivity contribution in [2.24, 2.45) is 0 Å². The van der Waals surface area contributed by atoms with Crippen LogP contribution in [0, 0.1) is 0 Å². The quantitative estimate of drug-likeness (QED) is 0.560. The molecule has 0 saturated heterocycles. The predicted octanol–water partition coefficient (Wildman–Crippen LogP) is 1.35. The topological polar surface area (TPSA) is 63.6 Å². The number of hydrogen-bond acceptors (Lipinski definition) is 3. The van der Waals surface area contributed by atoms with Gasteiger partial charge in [0.1, 0.15) is 11.9 Å². The normalized spacial score (nSPS) is 6.58. The third-order valence-corrected chi connectivity index (χ3v) is 0.691. The molecule has 0 spiro atoms. The number of carboxylic acid groups (broad SMARTS) is 1. The van der Waals surface area contributed by atoms with E-state index in [1.807, 2.05) is 0 Å². The average Bonchev–Trinajstić information content (AvgIpc) is 1.89. The second-order valence-electron chi connectivity index (χ2n) is 1.65. The largest absolute Gasteiger partial charge is 0.478 e. The third-order valence-electron chi connectivity index (χ3n) is 0.474. The van der Waals surface area contributed by atoms with E-state index in [1.165, 1.54) is 13.8 Å². The van der Waals surface area contributed by atoms with Crippen LogP contribution in [0.1, 0.15) is 13.8 Å². The van der Waals surface area contributed by atoms with E-state index in [1.54, 1.807) is 0 Å². The van der Waals surface area contributed by atoms with Gasteiger partial charge in [0.05, 0.1) is 0 Å². The van der Waals surface area contributed by atoms with Crippen LogP contribution in [0.25, 0.3) is 0 Å². The second kappa shape index (κ2) is 10.6. The molecule has 0 aromatic rings. The van der Waals surface area contributed by atoms with Crippen LogP contribution in [-0.4, -0.2) is 17.0 Å². The molecule has 0 aromatic carbocycles. The molecule has 0 aliphatic carbocycles. The van der Waals surface area contributed by atoms with Crippen LogP contribution in [-0.2, 0) is 33.4 Å².